The summed E-state index contributed by atoms with van der Waals surface area (Å²) in [5.74, 6) is 0. The fourth-order valence-corrected chi connectivity index (χ4v) is 1.94. The van der Waals surface area contributed by atoms with Crippen LogP contribution >= 0.6 is 0 Å². The van der Waals surface area contributed by atoms with Crippen molar-refractivity contribution in [1.29, 1.82) is 0 Å². The molecule has 0 bridgehead atoms. The first-order chi connectivity index (χ1) is 8.80. The van der Waals surface area contributed by atoms with Gasteiger partial charge >= 0.3 is 0 Å². The van der Waals surface area contributed by atoms with Gasteiger partial charge in [0.15, 0.2) is 0 Å². The van der Waals surface area contributed by atoms with Crippen molar-refractivity contribution in [3.8, 4) is 0 Å². The molecule has 0 saturated carbocycles. The van der Waals surface area contributed by atoms with Gasteiger partial charge in [0.25, 0.3) is 0 Å². The van der Waals surface area contributed by atoms with Crippen LogP contribution in [0.3, 0.4) is 0 Å². The van der Waals surface area contributed by atoms with Gasteiger partial charge in [0.05, 0.1) is 31.3 Å². The SMILES string of the molecule is CC(C)(C)c1cccc(C(O)C(CO)(CO)CO)c1. The zero-order chi connectivity index (χ0) is 14.7. The first-order valence-corrected chi connectivity index (χ1v) is 6.42. The highest BCUT2D eigenvalue weighted by molar-refractivity contribution is 5.31. The monoisotopic (exact) mass is 268 g/mol. The Morgan fingerprint density at radius 2 is 1.53 bits per heavy atom. The average molecular weight is 268 g/mol. The molecule has 1 unspecified atom stereocenters. The first kappa shape index (κ1) is 16.1. The molecule has 4 N–H and O–H groups in total. The van der Waals surface area contributed by atoms with Crippen LogP contribution in [-0.2, 0) is 5.41 Å². The van der Waals surface area contributed by atoms with E-state index in [1.807, 2.05) is 18.2 Å². The second kappa shape index (κ2) is 6.01. The lowest BCUT2D eigenvalue weighted by molar-refractivity contribution is -0.0852. The van der Waals surface area contributed by atoms with Crippen LogP contribution < -0.4 is 0 Å². The fourth-order valence-electron chi connectivity index (χ4n) is 1.94. The molecular weight excluding hydrogens is 244 g/mol. The molecule has 1 aromatic carbocycles. The topological polar surface area (TPSA) is 80.9 Å². The second-order valence-corrected chi connectivity index (χ2v) is 6.11. The Balaban J connectivity index is 3.16. The molecular formula is C15H24O4. The third-order valence-corrected chi connectivity index (χ3v) is 3.59. The van der Waals surface area contributed by atoms with Gasteiger partial charge in [-0.05, 0) is 16.5 Å². The lowest BCUT2D eigenvalue weighted by atomic mass is 9.79. The van der Waals surface area contributed by atoms with Crippen molar-refractivity contribution in [2.24, 2.45) is 5.41 Å². The smallest absolute Gasteiger partial charge is 0.0912 e. The molecule has 0 aliphatic carbocycles. The molecule has 0 heterocycles. The molecule has 108 valence electrons. The Morgan fingerprint density at radius 1 is 1.00 bits per heavy atom. The van der Waals surface area contributed by atoms with Crippen molar-refractivity contribution in [3.63, 3.8) is 0 Å². The van der Waals surface area contributed by atoms with E-state index in [9.17, 15) is 20.4 Å². The summed E-state index contributed by atoms with van der Waals surface area (Å²) in [5, 5.41) is 38.4. The van der Waals surface area contributed by atoms with Crippen molar-refractivity contribution >= 4 is 0 Å². The van der Waals surface area contributed by atoms with Crippen LogP contribution in [0.4, 0.5) is 0 Å². The van der Waals surface area contributed by atoms with E-state index in [0.717, 1.165) is 5.56 Å². The van der Waals surface area contributed by atoms with Gasteiger partial charge in [-0.1, -0.05) is 45.0 Å². The molecule has 4 heteroatoms. The van der Waals surface area contributed by atoms with E-state index in [2.05, 4.69) is 20.8 Å². The number of benzene rings is 1. The molecule has 0 spiro atoms. The molecule has 19 heavy (non-hydrogen) atoms. The highest BCUT2D eigenvalue weighted by Gasteiger charge is 2.37. The fraction of sp³-hybridized carbons (Fsp3) is 0.600. The predicted molar refractivity (Wildman–Crippen MR) is 73.8 cm³/mol. The van der Waals surface area contributed by atoms with E-state index < -0.39 is 31.3 Å². The Bertz CT molecular complexity index is 397. The Hall–Kier alpha value is -0.940. The summed E-state index contributed by atoms with van der Waals surface area (Å²) in [5.41, 5.74) is 0.253. The van der Waals surface area contributed by atoms with Crippen LogP contribution in [0.1, 0.15) is 38.0 Å². The molecule has 0 aliphatic heterocycles. The van der Waals surface area contributed by atoms with Crippen LogP contribution in [0.5, 0.6) is 0 Å². The lowest BCUT2D eigenvalue weighted by Crippen LogP contribution is -2.40. The van der Waals surface area contributed by atoms with Gasteiger partial charge in [-0.25, -0.2) is 0 Å². The van der Waals surface area contributed by atoms with E-state index in [-0.39, 0.29) is 5.41 Å². The van der Waals surface area contributed by atoms with Crippen LogP contribution in [0, 0.1) is 5.41 Å². The molecule has 0 radical (unpaired) electrons. The molecule has 0 saturated heterocycles. The third kappa shape index (κ3) is 3.34. The summed E-state index contributed by atoms with van der Waals surface area (Å²) in [6, 6.07) is 7.38. The van der Waals surface area contributed by atoms with Gasteiger partial charge < -0.3 is 20.4 Å². The highest BCUT2D eigenvalue weighted by Crippen LogP contribution is 2.34. The summed E-state index contributed by atoms with van der Waals surface area (Å²) in [7, 11) is 0. The quantitative estimate of drug-likeness (QED) is 0.642. The maximum atomic E-state index is 10.3. The van der Waals surface area contributed by atoms with E-state index in [0.29, 0.717) is 5.56 Å². The third-order valence-electron chi connectivity index (χ3n) is 3.59. The van der Waals surface area contributed by atoms with Crippen molar-refractivity contribution in [3.05, 3.63) is 35.4 Å². The van der Waals surface area contributed by atoms with Gasteiger partial charge in [-0.15, -0.1) is 0 Å². The molecule has 1 atom stereocenters. The molecule has 0 aliphatic rings. The molecule has 0 aromatic heterocycles. The number of rotatable bonds is 5. The van der Waals surface area contributed by atoms with Crippen LogP contribution in [-0.4, -0.2) is 40.2 Å². The first-order valence-electron chi connectivity index (χ1n) is 6.42. The van der Waals surface area contributed by atoms with Crippen LogP contribution in [0.2, 0.25) is 0 Å². The van der Waals surface area contributed by atoms with Gasteiger partial charge in [0.1, 0.15) is 0 Å². The minimum absolute atomic E-state index is 0.0595. The molecule has 1 rings (SSSR count). The van der Waals surface area contributed by atoms with Crippen molar-refractivity contribution in [2.75, 3.05) is 19.8 Å². The zero-order valence-electron chi connectivity index (χ0n) is 11.8. The van der Waals surface area contributed by atoms with Gasteiger partial charge in [0, 0.05) is 0 Å². The Morgan fingerprint density at radius 3 is 1.95 bits per heavy atom. The maximum absolute atomic E-state index is 10.3. The standard InChI is InChI=1S/C15H24O4/c1-14(2,3)12-6-4-5-11(7-12)13(19)15(8-16,9-17)10-18/h4-7,13,16-19H,8-10H2,1-3H3. The summed E-state index contributed by atoms with van der Waals surface area (Å²) < 4.78 is 0. The van der Waals surface area contributed by atoms with Crippen LogP contribution in [0.25, 0.3) is 0 Å². The lowest BCUT2D eigenvalue weighted by Gasteiger charge is -2.33. The number of aliphatic hydroxyl groups is 4. The molecule has 1 aromatic rings. The predicted octanol–water partition coefficient (Wildman–Crippen LogP) is 0.981. The van der Waals surface area contributed by atoms with E-state index in [1.165, 1.54) is 0 Å². The van der Waals surface area contributed by atoms with Crippen molar-refractivity contribution < 1.29 is 20.4 Å². The Kier molecular flexibility index (Phi) is 5.10. The Labute approximate surface area is 114 Å². The normalized spacial score (nSPS) is 14.5. The van der Waals surface area contributed by atoms with Gasteiger partial charge in [-0.3, -0.25) is 0 Å². The van der Waals surface area contributed by atoms with E-state index >= 15 is 0 Å². The zero-order valence-corrected chi connectivity index (χ0v) is 11.8. The summed E-state index contributed by atoms with van der Waals surface area (Å²) in [6.07, 6.45) is -1.12. The molecule has 0 fully saturated rings. The highest BCUT2D eigenvalue weighted by atomic mass is 16.3. The molecule has 0 amide bonds. The summed E-state index contributed by atoms with van der Waals surface area (Å²) >= 11 is 0. The number of hydrogen-bond donors (Lipinski definition) is 4. The van der Waals surface area contributed by atoms with E-state index in [1.54, 1.807) is 6.07 Å². The molecule has 4 nitrogen and oxygen atoms in total. The minimum Gasteiger partial charge on any atom is -0.395 e. The number of aliphatic hydroxyl groups excluding tert-OH is 4. The van der Waals surface area contributed by atoms with Crippen molar-refractivity contribution in [1.82, 2.24) is 0 Å². The van der Waals surface area contributed by atoms with Gasteiger partial charge in [-0.2, -0.15) is 0 Å². The van der Waals surface area contributed by atoms with Crippen LogP contribution in [0.15, 0.2) is 24.3 Å². The second-order valence-electron chi connectivity index (χ2n) is 6.11. The summed E-state index contributed by atoms with van der Waals surface area (Å²) in [6.45, 7) is 4.74. The van der Waals surface area contributed by atoms with Gasteiger partial charge in [0.2, 0.25) is 0 Å². The summed E-state index contributed by atoms with van der Waals surface area (Å²) in [4.78, 5) is 0. The van der Waals surface area contributed by atoms with E-state index in [4.69, 9.17) is 0 Å². The maximum Gasteiger partial charge on any atom is 0.0912 e. The average Bonchev–Trinajstić information content (AvgIpc) is 2.40. The minimum atomic E-state index is -1.32. The van der Waals surface area contributed by atoms with Crippen molar-refractivity contribution in [2.45, 2.75) is 32.3 Å². The number of hydrogen-bond acceptors (Lipinski definition) is 4. The largest absolute Gasteiger partial charge is 0.395 e.